The minimum absolute atomic E-state index is 0.465. The number of rotatable bonds is 4. The summed E-state index contributed by atoms with van der Waals surface area (Å²) in [5.41, 5.74) is 4.46. The lowest BCUT2D eigenvalue weighted by Crippen LogP contribution is -2.03. The monoisotopic (exact) mass is 303 g/mol. The van der Waals surface area contributed by atoms with Crippen molar-refractivity contribution >= 4 is 22.9 Å². The fourth-order valence-corrected chi connectivity index (χ4v) is 3.05. The van der Waals surface area contributed by atoms with E-state index in [1.807, 2.05) is 22.3 Å². The summed E-state index contributed by atoms with van der Waals surface area (Å²) in [7, 11) is 0. The molecule has 2 aromatic heterocycles. The Hall–Kier alpha value is -1.65. The van der Waals surface area contributed by atoms with E-state index in [4.69, 9.17) is 11.6 Å². The summed E-state index contributed by atoms with van der Waals surface area (Å²) < 4.78 is 1.99. The van der Waals surface area contributed by atoms with Crippen LogP contribution >= 0.6 is 22.9 Å². The highest BCUT2D eigenvalue weighted by molar-refractivity contribution is 7.13. The first-order valence-corrected chi connectivity index (χ1v) is 7.76. The van der Waals surface area contributed by atoms with Crippen LogP contribution in [0.2, 0.25) is 0 Å². The average Bonchev–Trinajstić information content (AvgIpc) is 3.10. The van der Waals surface area contributed by atoms with E-state index in [2.05, 4.69) is 41.3 Å². The molecule has 0 saturated carbocycles. The molecule has 0 unspecified atom stereocenters. The van der Waals surface area contributed by atoms with Gasteiger partial charge in [0.15, 0.2) is 0 Å². The number of benzene rings is 1. The van der Waals surface area contributed by atoms with Gasteiger partial charge in [-0.1, -0.05) is 24.3 Å². The minimum atomic E-state index is 0.465. The molecule has 0 aliphatic rings. The quantitative estimate of drug-likeness (QED) is 0.679. The molecular weight excluding hydrogens is 290 g/mol. The zero-order chi connectivity index (χ0) is 13.9. The smallest absolute Gasteiger partial charge is 0.123 e. The van der Waals surface area contributed by atoms with Crippen LogP contribution in [0.4, 0.5) is 0 Å². The van der Waals surface area contributed by atoms with Crippen LogP contribution in [0.5, 0.6) is 0 Å². The van der Waals surface area contributed by atoms with Crippen molar-refractivity contribution in [3.8, 4) is 10.6 Å². The van der Waals surface area contributed by atoms with Gasteiger partial charge in [0, 0.05) is 22.8 Å². The van der Waals surface area contributed by atoms with Crippen LogP contribution in [0, 0.1) is 6.92 Å². The molecule has 0 aliphatic carbocycles. The molecule has 0 radical (unpaired) electrons. The van der Waals surface area contributed by atoms with Crippen LogP contribution in [0.25, 0.3) is 10.6 Å². The SMILES string of the molecule is Cc1ccnn1Cc1ccc(-c2nc(CCl)cs2)cc1. The van der Waals surface area contributed by atoms with E-state index in [0.717, 1.165) is 22.8 Å². The number of hydrogen-bond acceptors (Lipinski definition) is 3. The normalized spacial score (nSPS) is 10.9. The minimum Gasteiger partial charge on any atom is -0.265 e. The van der Waals surface area contributed by atoms with Crippen molar-refractivity contribution in [3.63, 3.8) is 0 Å². The molecule has 0 N–H and O–H groups in total. The van der Waals surface area contributed by atoms with Gasteiger partial charge in [-0.3, -0.25) is 4.68 Å². The molecule has 0 atom stereocenters. The summed E-state index contributed by atoms with van der Waals surface area (Å²) in [5, 5.41) is 7.32. The highest BCUT2D eigenvalue weighted by Crippen LogP contribution is 2.24. The molecule has 3 rings (SSSR count). The van der Waals surface area contributed by atoms with Crippen molar-refractivity contribution in [3.05, 3.63) is 58.9 Å². The second kappa shape index (κ2) is 5.77. The number of alkyl halides is 1. The van der Waals surface area contributed by atoms with Crippen LogP contribution in [0.1, 0.15) is 17.0 Å². The van der Waals surface area contributed by atoms with E-state index in [0.29, 0.717) is 5.88 Å². The summed E-state index contributed by atoms with van der Waals surface area (Å²) in [4.78, 5) is 4.49. The summed E-state index contributed by atoms with van der Waals surface area (Å²) in [6.45, 7) is 2.86. The molecule has 0 amide bonds. The predicted molar refractivity (Wildman–Crippen MR) is 83.2 cm³/mol. The Morgan fingerprint density at radius 1 is 1.20 bits per heavy atom. The van der Waals surface area contributed by atoms with E-state index < -0.39 is 0 Å². The molecule has 2 heterocycles. The number of thiazole rings is 1. The maximum Gasteiger partial charge on any atom is 0.123 e. The third-order valence-electron chi connectivity index (χ3n) is 3.15. The number of halogens is 1. The van der Waals surface area contributed by atoms with Crippen LogP contribution in [-0.4, -0.2) is 14.8 Å². The summed E-state index contributed by atoms with van der Waals surface area (Å²) in [6.07, 6.45) is 1.83. The third-order valence-corrected chi connectivity index (χ3v) is 4.36. The van der Waals surface area contributed by atoms with Crippen LogP contribution in [0.15, 0.2) is 41.9 Å². The first-order valence-electron chi connectivity index (χ1n) is 6.34. The van der Waals surface area contributed by atoms with E-state index >= 15 is 0 Å². The van der Waals surface area contributed by atoms with Crippen molar-refractivity contribution in [2.45, 2.75) is 19.3 Å². The Balaban J connectivity index is 1.79. The molecular formula is C15H14ClN3S. The largest absolute Gasteiger partial charge is 0.265 e. The number of nitrogens with zero attached hydrogens (tertiary/aromatic N) is 3. The van der Waals surface area contributed by atoms with Gasteiger partial charge in [-0.25, -0.2) is 4.98 Å². The lowest BCUT2D eigenvalue weighted by atomic mass is 10.1. The molecule has 3 nitrogen and oxygen atoms in total. The molecule has 102 valence electrons. The van der Waals surface area contributed by atoms with Crippen molar-refractivity contribution in [1.82, 2.24) is 14.8 Å². The molecule has 0 bridgehead atoms. The van der Waals surface area contributed by atoms with E-state index in [1.165, 1.54) is 11.3 Å². The van der Waals surface area contributed by atoms with Crippen molar-refractivity contribution in [1.29, 1.82) is 0 Å². The molecule has 0 spiro atoms. The summed E-state index contributed by atoms with van der Waals surface area (Å²) >= 11 is 7.41. The second-order valence-corrected chi connectivity index (χ2v) is 5.73. The van der Waals surface area contributed by atoms with Crippen molar-refractivity contribution < 1.29 is 0 Å². The Kier molecular flexibility index (Phi) is 3.85. The van der Waals surface area contributed by atoms with E-state index in [-0.39, 0.29) is 0 Å². The Labute approximate surface area is 126 Å². The number of aryl methyl sites for hydroxylation is 1. The average molecular weight is 304 g/mol. The zero-order valence-corrected chi connectivity index (χ0v) is 12.7. The fourth-order valence-electron chi connectivity index (χ4n) is 1.99. The maximum atomic E-state index is 5.78. The maximum absolute atomic E-state index is 5.78. The molecule has 0 aliphatic heterocycles. The standard InChI is InChI=1S/C15H14ClN3S/c1-11-6-7-17-19(11)9-12-2-4-13(5-3-12)15-18-14(8-16)10-20-15/h2-7,10H,8-9H2,1H3. The van der Waals surface area contributed by atoms with Gasteiger partial charge in [-0.2, -0.15) is 5.10 Å². The third kappa shape index (κ3) is 2.76. The Bertz CT molecular complexity index is 700. The number of hydrogen-bond donors (Lipinski definition) is 0. The van der Waals surface area contributed by atoms with Crippen LogP contribution < -0.4 is 0 Å². The van der Waals surface area contributed by atoms with Crippen molar-refractivity contribution in [2.75, 3.05) is 0 Å². The van der Waals surface area contributed by atoms with Gasteiger partial charge >= 0.3 is 0 Å². The Morgan fingerprint density at radius 2 is 2.00 bits per heavy atom. The molecule has 0 saturated heterocycles. The fraction of sp³-hybridized carbons (Fsp3) is 0.200. The lowest BCUT2D eigenvalue weighted by molar-refractivity contribution is 0.665. The molecule has 1 aromatic carbocycles. The van der Waals surface area contributed by atoms with Gasteiger partial charge in [-0.05, 0) is 18.6 Å². The van der Waals surface area contributed by atoms with Gasteiger partial charge < -0.3 is 0 Å². The summed E-state index contributed by atoms with van der Waals surface area (Å²) in [6, 6.07) is 10.5. The van der Waals surface area contributed by atoms with Gasteiger partial charge in [0.2, 0.25) is 0 Å². The molecule has 5 heteroatoms. The first-order chi connectivity index (χ1) is 9.76. The van der Waals surface area contributed by atoms with Gasteiger partial charge in [0.05, 0.1) is 18.1 Å². The van der Waals surface area contributed by atoms with Crippen LogP contribution in [-0.2, 0) is 12.4 Å². The van der Waals surface area contributed by atoms with Gasteiger partial charge in [-0.15, -0.1) is 22.9 Å². The topological polar surface area (TPSA) is 30.7 Å². The zero-order valence-electron chi connectivity index (χ0n) is 11.1. The van der Waals surface area contributed by atoms with Crippen LogP contribution in [0.3, 0.4) is 0 Å². The highest BCUT2D eigenvalue weighted by atomic mass is 35.5. The molecule has 0 fully saturated rings. The second-order valence-electron chi connectivity index (χ2n) is 4.60. The highest BCUT2D eigenvalue weighted by Gasteiger charge is 2.05. The molecule has 3 aromatic rings. The van der Waals surface area contributed by atoms with E-state index in [9.17, 15) is 0 Å². The number of aromatic nitrogens is 3. The van der Waals surface area contributed by atoms with Gasteiger partial charge in [0.1, 0.15) is 5.01 Å². The lowest BCUT2D eigenvalue weighted by Gasteiger charge is -2.05. The van der Waals surface area contributed by atoms with Gasteiger partial charge in [0.25, 0.3) is 0 Å². The molecule has 20 heavy (non-hydrogen) atoms. The first kappa shape index (κ1) is 13.3. The summed E-state index contributed by atoms with van der Waals surface area (Å²) in [5.74, 6) is 0.465. The van der Waals surface area contributed by atoms with E-state index in [1.54, 1.807) is 11.3 Å². The predicted octanol–water partition coefficient (Wildman–Crippen LogP) is 4.10. The Morgan fingerprint density at radius 3 is 2.60 bits per heavy atom. The van der Waals surface area contributed by atoms with Crippen molar-refractivity contribution in [2.24, 2.45) is 0 Å².